The van der Waals surface area contributed by atoms with Crippen molar-refractivity contribution < 1.29 is 4.52 Å². The van der Waals surface area contributed by atoms with Crippen LogP contribution in [0.5, 0.6) is 0 Å². The Morgan fingerprint density at radius 3 is 2.72 bits per heavy atom. The van der Waals surface area contributed by atoms with Gasteiger partial charge in [-0.1, -0.05) is 19.0 Å². The van der Waals surface area contributed by atoms with Crippen LogP contribution in [0.15, 0.2) is 4.52 Å². The second kappa shape index (κ2) is 5.34. The summed E-state index contributed by atoms with van der Waals surface area (Å²) in [5, 5.41) is 4.09. The van der Waals surface area contributed by atoms with Crippen molar-refractivity contribution in [3.8, 4) is 0 Å². The highest BCUT2D eigenvalue weighted by Crippen LogP contribution is 2.23. The van der Waals surface area contributed by atoms with Crippen LogP contribution < -0.4 is 5.73 Å². The SMILES string of the molecule is CC(C)[C@@H](N)c1nc(C2CN(C)CCN2C)no1. The van der Waals surface area contributed by atoms with E-state index in [0.29, 0.717) is 11.8 Å². The van der Waals surface area contributed by atoms with Gasteiger partial charge in [-0.2, -0.15) is 4.98 Å². The fourth-order valence-electron chi connectivity index (χ4n) is 2.09. The molecule has 1 aliphatic heterocycles. The molecule has 102 valence electrons. The maximum absolute atomic E-state index is 6.02. The molecule has 1 unspecified atom stereocenters. The Kier molecular flexibility index (Phi) is 3.99. The summed E-state index contributed by atoms with van der Waals surface area (Å²) in [4.78, 5) is 9.01. The number of hydrogen-bond donors (Lipinski definition) is 1. The Labute approximate surface area is 108 Å². The molecular weight excluding hydrogens is 230 g/mol. The quantitative estimate of drug-likeness (QED) is 0.852. The molecule has 1 saturated heterocycles. The van der Waals surface area contributed by atoms with Gasteiger partial charge in [0.2, 0.25) is 5.89 Å². The third-order valence-electron chi connectivity index (χ3n) is 3.61. The Morgan fingerprint density at radius 1 is 1.33 bits per heavy atom. The first-order valence-corrected chi connectivity index (χ1v) is 6.47. The summed E-state index contributed by atoms with van der Waals surface area (Å²) < 4.78 is 5.29. The van der Waals surface area contributed by atoms with Crippen LogP contribution in [0.3, 0.4) is 0 Å². The predicted octanol–water partition coefficient (Wildman–Crippen LogP) is 0.644. The van der Waals surface area contributed by atoms with Gasteiger partial charge in [0.25, 0.3) is 0 Å². The molecule has 1 aromatic rings. The maximum atomic E-state index is 6.02. The Bertz CT molecular complexity index is 392. The molecule has 6 heteroatoms. The van der Waals surface area contributed by atoms with Crippen molar-refractivity contribution in [2.24, 2.45) is 11.7 Å². The standard InChI is InChI=1S/C12H23N5O/c1-8(2)10(13)12-14-11(15-18-12)9-7-16(3)5-6-17(9)4/h8-10H,5-7,13H2,1-4H3/t9?,10-/m1/s1. The van der Waals surface area contributed by atoms with E-state index in [9.17, 15) is 0 Å². The van der Waals surface area contributed by atoms with E-state index in [-0.39, 0.29) is 12.1 Å². The van der Waals surface area contributed by atoms with E-state index >= 15 is 0 Å². The number of aromatic nitrogens is 2. The molecule has 0 radical (unpaired) electrons. The molecule has 2 atom stereocenters. The third kappa shape index (κ3) is 2.71. The zero-order valence-electron chi connectivity index (χ0n) is 11.6. The summed E-state index contributed by atoms with van der Waals surface area (Å²) in [6.45, 7) is 7.11. The number of nitrogens with zero attached hydrogens (tertiary/aromatic N) is 4. The fourth-order valence-corrected chi connectivity index (χ4v) is 2.09. The van der Waals surface area contributed by atoms with Crippen LogP contribution in [0.4, 0.5) is 0 Å². The largest absolute Gasteiger partial charge is 0.338 e. The molecule has 1 fully saturated rings. The zero-order valence-corrected chi connectivity index (χ0v) is 11.6. The van der Waals surface area contributed by atoms with E-state index in [1.807, 2.05) is 0 Å². The molecule has 2 rings (SSSR count). The molecule has 1 aliphatic rings. The van der Waals surface area contributed by atoms with Crippen LogP contribution in [0.1, 0.15) is 37.6 Å². The minimum absolute atomic E-state index is 0.183. The van der Waals surface area contributed by atoms with Gasteiger partial charge in [-0.15, -0.1) is 0 Å². The average Bonchev–Trinajstić information content (AvgIpc) is 2.80. The first kappa shape index (κ1) is 13.5. The molecule has 2 N–H and O–H groups in total. The maximum Gasteiger partial charge on any atom is 0.243 e. The van der Waals surface area contributed by atoms with Crippen molar-refractivity contribution in [1.82, 2.24) is 19.9 Å². The van der Waals surface area contributed by atoms with Crippen molar-refractivity contribution in [2.75, 3.05) is 33.7 Å². The van der Waals surface area contributed by atoms with Gasteiger partial charge in [0.05, 0.1) is 12.1 Å². The minimum atomic E-state index is -0.183. The van der Waals surface area contributed by atoms with Gasteiger partial charge in [-0.25, -0.2) is 0 Å². The number of piperazine rings is 1. The highest BCUT2D eigenvalue weighted by molar-refractivity contribution is 5.00. The average molecular weight is 253 g/mol. The van der Waals surface area contributed by atoms with Crippen LogP contribution in [0.2, 0.25) is 0 Å². The van der Waals surface area contributed by atoms with Gasteiger partial charge in [0.1, 0.15) is 0 Å². The molecule has 18 heavy (non-hydrogen) atoms. The van der Waals surface area contributed by atoms with Gasteiger partial charge < -0.3 is 15.2 Å². The van der Waals surface area contributed by atoms with E-state index < -0.39 is 0 Å². The summed E-state index contributed by atoms with van der Waals surface area (Å²) in [6.07, 6.45) is 0. The summed E-state index contributed by atoms with van der Waals surface area (Å²) in [5.41, 5.74) is 6.02. The molecule has 6 nitrogen and oxygen atoms in total. The highest BCUT2D eigenvalue weighted by atomic mass is 16.5. The number of nitrogens with two attached hydrogens (primary N) is 1. The second-order valence-electron chi connectivity index (χ2n) is 5.52. The predicted molar refractivity (Wildman–Crippen MR) is 68.9 cm³/mol. The topological polar surface area (TPSA) is 71.4 Å². The molecule has 0 aromatic carbocycles. The Balaban J connectivity index is 2.13. The van der Waals surface area contributed by atoms with Crippen LogP contribution in [-0.4, -0.2) is 53.7 Å². The zero-order chi connectivity index (χ0) is 13.3. The van der Waals surface area contributed by atoms with E-state index in [2.05, 4.69) is 47.9 Å². The molecular formula is C12H23N5O. The summed E-state index contributed by atoms with van der Waals surface area (Å²) >= 11 is 0. The molecule has 0 amide bonds. The third-order valence-corrected chi connectivity index (χ3v) is 3.61. The Hall–Kier alpha value is -0.980. The monoisotopic (exact) mass is 253 g/mol. The number of rotatable bonds is 3. The normalized spacial score (nSPS) is 24.7. The Morgan fingerprint density at radius 2 is 2.06 bits per heavy atom. The van der Waals surface area contributed by atoms with Crippen LogP contribution in [-0.2, 0) is 0 Å². The van der Waals surface area contributed by atoms with Crippen molar-refractivity contribution in [3.05, 3.63) is 11.7 Å². The first-order valence-electron chi connectivity index (χ1n) is 6.47. The van der Waals surface area contributed by atoms with Crippen molar-refractivity contribution in [1.29, 1.82) is 0 Å². The molecule has 0 aliphatic carbocycles. The minimum Gasteiger partial charge on any atom is -0.338 e. The van der Waals surface area contributed by atoms with Gasteiger partial charge in [0.15, 0.2) is 5.82 Å². The molecule has 2 heterocycles. The summed E-state index contributed by atoms with van der Waals surface area (Å²) in [6, 6.07) is 0.0125. The lowest BCUT2D eigenvalue weighted by Gasteiger charge is -2.35. The van der Waals surface area contributed by atoms with Crippen molar-refractivity contribution >= 4 is 0 Å². The van der Waals surface area contributed by atoms with Crippen molar-refractivity contribution in [3.63, 3.8) is 0 Å². The lowest BCUT2D eigenvalue weighted by Crippen LogP contribution is -2.45. The smallest absolute Gasteiger partial charge is 0.243 e. The molecule has 0 bridgehead atoms. The lowest BCUT2D eigenvalue weighted by molar-refractivity contribution is 0.108. The van der Waals surface area contributed by atoms with E-state index in [1.54, 1.807) is 0 Å². The van der Waals surface area contributed by atoms with Gasteiger partial charge in [-0.3, -0.25) is 4.90 Å². The number of hydrogen-bond acceptors (Lipinski definition) is 6. The van der Waals surface area contributed by atoms with E-state index in [1.165, 1.54) is 0 Å². The second-order valence-corrected chi connectivity index (χ2v) is 5.52. The van der Waals surface area contributed by atoms with Gasteiger partial charge in [-0.05, 0) is 20.0 Å². The molecule has 1 aromatic heterocycles. The summed E-state index contributed by atoms with van der Waals surface area (Å²) in [7, 11) is 4.21. The number of likely N-dealkylation sites (N-methyl/N-ethyl adjacent to an activating group) is 2. The lowest BCUT2D eigenvalue weighted by atomic mass is 10.1. The van der Waals surface area contributed by atoms with E-state index in [0.717, 1.165) is 25.5 Å². The van der Waals surface area contributed by atoms with E-state index in [4.69, 9.17) is 10.3 Å². The molecule has 0 saturated carbocycles. The van der Waals surface area contributed by atoms with Crippen LogP contribution >= 0.6 is 0 Å². The van der Waals surface area contributed by atoms with Gasteiger partial charge >= 0.3 is 0 Å². The van der Waals surface area contributed by atoms with Crippen LogP contribution in [0.25, 0.3) is 0 Å². The molecule has 0 spiro atoms. The van der Waals surface area contributed by atoms with Crippen molar-refractivity contribution in [2.45, 2.75) is 25.9 Å². The van der Waals surface area contributed by atoms with Gasteiger partial charge in [0, 0.05) is 19.6 Å². The fraction of sp³-hybridized carbons (Fsp3) is 0.833. The summed E-state index contributed by atoms with van der Waals surface area (Å²) in [5.74, 6) is 1.59. The highest BCUT2D eigenvalue weighted by Gasteiger charge is 2.29. The van der Waals surface area contributed by atoms with Crippen LogP contribution in [0, 0.1) is 5.92 Å². The first-order chi connectivity index (χ1) is 8.49.